The van der Waals surface area contributed by atoms with Crippen LogP contribution >= 0.6 is 0 Å². The highest BCUT2D eigenvalue weighted by molar-refractivity contribution is 6.10. The predicted molar refractivity (Wildman–Crippen MR) is 281 cm³/mol. The number of hydrogen-bond donors (Lipinski definition) is 0. The molecule has 0 N–H and O–H groups in total. The van der Waals surface area contributed by atoms with Crippen LogP contribution in [0.15, 0.2) is 237 Å². The highest BCUT2D eigenvalue weighted by Crippen LogP contribution is 2.55. The van der Waals surface area contributed by atoms with Crippen LogP contribution in [0, 0.1) is 12.8 Å². The first kappa shape index (κ1) is 42.2. The molecule has 66 heavy (non-hydrogen) atoms. The lowest BCUT2D eigenvalue weighted by Gasteiger charge is -2.39. The second-order valence-corrected chi connectivity index (χ2v) is 17.3. The summed E-state index contributed by atoms with van der Waals surface area (Å²) in [6.45, 7) is 10.8. The Labute approximate surface area is 390 Å². The van der Waals surface area contributed by atoms with Crippen LogP contribution in [0.5, 0.6) is 0 Å². The Hall–Kier alpha value is -7.81. The van der Waals surface area contributed by atoms with Gasteiger partial charge in [0.05, 0.1) is 11.4 Å². The first-order valence-corrected chi connectivity index (χ1v) is 23.3. The van der Waals surface area contributed by atoms with Gasteiger partial charge in [0.25, 0.3) is 0 Å². The van der Waals surface area contributed by atoms with Crippen LogP contribution in [0.3, 0.4) is 0 Å². The Bertz CT molecular complexity index is 3210. The zero-order valence-corrected chi connectivity index (χ0v) is 38.0. The highest BCUT2D eigenvalue weighted by atomic mass is 15.1. The van der Waals surface area contributed by atoms with E-state index in [2.05, 4.69) is 256 Å². The molecule has 3 unspecified atom stereocenters. The summed E-state index contributed by atoms with van der Waals surface area (Å²) in [5.41, 5.74) is 20.3. The molecule has 0 radical (unpaired) electrons. The van der Waals surface area contributed by atoms with Gasteiger partial charge in [0, 0.05) is 34.6 Å². The smallest absolute Gasteiger partial charge is 0.145 e. The number of fused-ring (bicyclic) bond motifs is 2. The summed E-state index contributed by atoms with van der Waals surface area (Å²) in [5, 5.41) is 0. The zero-order valence-electron chi connectivity index (χ0n) is 38.0. The third-order valence-corrected chi connectivity index (χ3v) is 13.4. The lowest BCUT2D eigenvalue weighted by atomic mass is 9.64. The van der Waals surface area contributed by atoms with Crippen LogP contribution in [-0.2, 0) is 0 Å². The molecule has 1 aromatic heterocycles. The molecular formula is C64H54N2. The van der Waals surface area contributed by atoms with Gasteiger partial charge in [0.15, 0.2) is 0 Å². The van der Waals surface area contributed by atoms with E-state index in [1.807, 2.05) is 6.08 Å². The van der Waals surface area contributed by atoms with E-state index in [0.717, 1.165) is 57.1 Å². The van der Waals surface area contributed by atoms with Crippen molar-refractivity contribution in [3.8, 4) is 39.5 Å². The van der Waals surface area contributed by atoms with Crippen molar-refractivity contribution >= 4 is 22.8 Å². The minimum Gasteiger partial charge on any atom is -0.292 e. The number of aromatic nitrogens is 2. The van der Waals surface area contributed by atoms with Crippen molar-refractivity contribution in [1.82, 2.24) is 9.55 Å². The standard InChI is InChI=1S/C64H54N2/c1-5-8-35-55(53-36-20-18-25-44(53)4)61-57-39-23-22-38-56(57)60(52(7-3)54-37-21-19-26-45(54)6-2)59-43-50(40-41-58(59)61)49-33-24-34-51(42-49)66-63(47-29-14-10-15-30-47)62(46-27-12-9-13-28-46)65-64(66)48-31-16-11-17-32-48/h5-27,29-43,46,57,61H,2,28H2,1,3-4H3/b8-5-,52-7+,55-35+. The molecule has 10 rings (SSSR count). The lowest BCUT2D eigenvalue weighted by Crippen LogP contribution is -2.23. The van der Waals surface area contributed by atoms with E-state index in [9.17, 15) is 0 Å². The number of benzene rings is 6. The second kappa shape index (κ2) is 18.7. The van der Waals surface area contributed by atoms with Gasteiger partial charge in [-0.15, -0.1) is 0 Å². The number of aryl methyl sites for hydroxylation is 1. The Kier molecular flexibility index (Phi) is 12.0. The molecule has 3 atom stereocenters. The first-order valence-electron chi connectivity index (χ1n) is 23.3. The molecule has 0 saturated heterocycles. The van der Waals surface area contributed by atoms with Gasteiger partial charge in [-0.25, -0.2) is 4.98 Å². The number of nitrogens with zero attached hydrogens (tertiary/aromatic N) is 2. The van der Waals surface area contributed by atoms with Crippen molar-refractivity contribution in [2.75, 3.05) is 0 Å². The van der Waals surface area contributed by atoms with Crippen LogP contribution in [0.2, 0.25) is 0 Å². The van der Waals surface area contributed by atoms with Gasteiger partial charge in [-0.05, 0) is 112 Å². The van der Waals surface area contributed by atoms with Crippen molar-refractivity contribution < 1.29 is 0 Å². The summed E-state index contributed by atoms with van der Waals surface area (Å²) < 4.78 is 2.39. The molecule has 7 aromatic rings. The molecule has 1 heterocycles. The van der Waals surface area contributed by atoms with Gasteiger partial charge in [-0.2, -0.15) is 0 Å². The fourth-order valence-electron chi connectivity index (χ4n) is 10.4. The normalized spacial score (nSPS) is 17.9. The van der Waals surface area contributed by atoms with Gasteiger partial charge < -0.3 is 0 Å². The van der Waals surface area contributed by atoms with Crippen LogP contribution in [0.25, 0.3) is 62.3 Å². The van der Waals surface area contributed by atoms with Crippen LogP contribution in [0.4, 0.5) is 0 Å². The van der Waals surface area contributed by atoms with Crippen molar-refractivity contribution in [3.63, 3.8) is 0 Å². The van der Waals surface area contributed by atoms with E-state index < -0.39 is 0 Å². The monoisotopic (exact) mass is 850 g/mol. The second-order valence-electron chi connectivity index (χ2n) is 17.3. The fraction of sp³-hybridized carbons (Fsp3) is 0.109. The van der Waals surface area contributed by atoms with E-state index in [0.29, 0.717) is 0 Å². The minimum atomic E-state index is 0.0697. The summed E-state index contributed by atoms with van der Waals surface area (Å²) >= 11 is 0. The summed E-state index contributed by atoms with van der Waals surface area (Å²) in [5.74, 6) is 1.28. The average Bonchev–Trinajstić information content (AvgIpc) is 3.79. The predicted octanol–water partition coefficient (Wildman–Crippen LogP) is 16.8. The summed E-state index contributed by atoms with van der Waals surface area (Å²) in [4.78, 5) is 5.55. The Balaban J connectivity index is 1.21. The van der Waals surface area contributed by atoms with Crippen molar-refractivity contribution in [2.45, 2.75) is 39.0 Å². The molecule has 3 aliphatic rings. The summed E-state index contributed by atoms with van der Waals surface area (Å²) in [6.07, 6.45) is 30.0. The van der Waals surface area contributed by atoms with Crippen molar-refractivity contribution in [2.24, 2.45) is 5.92 Å². The van der Waals surface area contributed by atoms with E-state index in [-0.39, 0.29) is 17.8 Å². The third kappa shape index (κ3) is 7.79. The van der Waals surface area contributed by atoms with E-state index in [1.165, 1.54) is 50.1 Å². The van der Waals surface area contributed by atoms with Gasteiger partial charge in [0.2, 0.25) is 0 Å². The van der Waals surface area contributed by atoms with Gasteiger partial charge in [-0.1, -0.05) is 219 Å². The van der Waals surface area contributed by atoms with Crippen molar-refractivity contribution in [3.05, 3.63) is 276 Å². The maximum Gasteiger partial charge on any atom is 0.145 e. The lowest BCUT2D eigenvalue weighted by molar-refractivity contribution is 0.682. The maximum atomic E-state index is 5.55. The summed E-state index contributed by atoms with van der Waals surface area (Å²) in [7, 11) is 0. The molecule has 0 bridgehead atoms. The van der Waals surface area contributed by atoms with Crippen LogP contribution in [0.1, 0.15) is 71.2 Å². The highest BCUT2D eigenvalue weighted by Gasteiger charge is 2.38. The van der Waals surface area contributed by atoms with E-state index in [4.69, 9.17) is 4.98 Å². The third-order valence-electron chi connectivity index (χ3n) is 13.4. The SMILES string of the molecule is C=Cc1ccccc1/C(=C\C)C1=C2C=CC=CC2C(/C(=C/C=C\C)c2ccccc2C)c2ccc(-c3cccc(-n4c(-c5ccccc5)nc(C5C=CC=CC5)c4-c4ccccc4)c3)cc21. The number of allylic oxidation sites excluding steroid dienone is 16. The maximum absolute atomic E-state index is 5.55. The molecule has 2 heteroatoms. The van der Waals surface area contributed by atoms with Gasteiger partial charge >= 0.3 is 0 Å². The van der Waals surface area contributed by atoms with E-state index >= 15 is 0 Å². The zero-order chi connectivity index (χ0) is 45.0. The molecule has 0 spiro atoms. The molecule has 6 aromatic carbocycles. The number of imidazole rings is 1. The number of rotatable bonds is 11. The topological polar surface area (TPSA) is 17.8 Å². The largest absolute Gasteiger partial charge is 0.292 e. The summed E-state index contributed by atoms with van der Waals surface area (Å²) in [6, 6.07) is 55.2. The van der Waals surface area contributed by atoms with Crippen LogP contribution < -0.4 is 0 Å². The molecular weight excluding hydrogens is 797 g/mol. The van der Waals surface area contributed by atoms with Gasteiger partial charge in [-0.3, -0.25) is 4.57 Å². The Morgan fingerprint density at radius 2 is 1.39 bits per heavy atom. The molecule has 0 aliphatic heterocycles. The quantitative estimate of drug-likeness (QED) is 0.119. The van der Waals surface area contributed by atoms with Crippen molar-refractivity contribution in [1.29, 1.82) is 0 Å². The fourth-order valence-corrected chi connectivity index (χ4v) is 10.4. The van der Waals surface area contributed by atoms with E-state index in [1.54, 1.807) is 0 Å². The molecule has 0 saturated carbocycles. The molecule has 0 amide bonds. The molecule has 0 fully saturated rings. The Morgan fingerprint density at radius 3 is 2.14 bits per heavy atom. The van der Waals surface area contributed by atoms with Gasteiger partial charge in [0.1, 0.15) is 5.82 Å². The minimum absolute atomic E-state index is 0.0697. The molecule has 2 nitrogen and oxygen atoms in total. The molecule has 320 valence electrons. The Morgan fingerprint density at radius 1 is 0.682 bits per heavy atom. The average molecular weight is 851 g/mol. The number of hydrogen-bond acceptors (Lipinski definition) is 1. The first-order chi connectivity index (χ1) is 32.6. The van der Waals surface area contributed by atoms with Crippen LogP contribution in [-0.4, -0.2) is 9.55 Å². The molecule has 3 aliphatic carbocycles.